The number of carbonyl (C=O) groups excluding carboxylic acids is 1. The average molecular weight is 315 g/mol. The summed E-state index contributed by atoms with van der Waals surface area (Å²) in [5, 5.41) is 18.5. The highest BCUT2D eigenvalue weighted by atomic mass is 16.6. The topological polar surface area (TPSA) is 93.3 Å². The quantitative estimate of drug-likeness (QED) is 0.676. The second-order valence-electron chi connectivity index (χ2n) is 5.42. The molecule has 1 aromatic heterocycles. The Labute approximate surface area is 132 Å². The summed E-state index contributed by atoms with van der Waals surface area (Å²) in [6.07, 6.45) is 2.48. The van der Waals surface area contributed by atoms with E-state index in [9.17, 15) is 14.9 Å². The molecule has 1 aromatic carbocycles. The highest BCUT2D eigenvalue weighted by Crippen LogP contribution is 2.22. The Hall–Kier alpha value is -2.74. The van der Waals surface area contributed by atoms with Gasteiger partial charge in [-0.2, -0.15) is 5.10 Å². The largest absolute Gasteiger partial charge is 0.336 e. The zero-order valence-corrected chi connectivity index (χ0v) is 12.7. The van der Waals surface area contributed by atoms with Crippen molar-refractivity contribution < 1.29 is 9.72 Å². The minimum Gasteiger partial charge on any atom is -0.336 e. The zero-order chi connectivity index (χ0) is 16.4. The Bertz CT molecular complexity index is 742. The third-order valence-corrected chi connectivity index (χ3v) is 4.02. The van der Waals surface area contributed by atoms with Crippen molar-refractivity contribution in [1.29, 1.82) is 0 Å². The lowest BCUT2D eigenvalue weighted by Gasteiger charge is -2.14. The van der Waals surface area contributed by atoms with Crippen LogP contribution in [0.15, 0.2) is 36.5 Å². The van der Waals surface area contributed by atoms with Crippen molar-refractivity contribution in [3.63, 3.8) is 0 Å². The summed E-state index contributed by atoms with van der Waals surface area (Å²) in [6.45, 7) is 1.33. The minimum atomic E-state index is -0.462. The lowest BCUT2D eigenvalue weighted by molar-refractivity contribution is -0.384. The van der Waals surface area contributed by atoms with E-state index in [2.05, 4.69) is 10.4 Å². The first-order valence-electron chi connectivity index (χ1n) is 7.36. The molecular formula is C15H17N5O3. The standard InChI is InChI=1S/C15H17N5O3/c1-16-11-6-8-18(10-11)15(21)12-7-9-19(17-12)13-4-2-3-5-14(13)20(22)23/h2-5,7,9,11,16H,6,8,10H2,1H3. The van der Waals surface area contributed by atoms with Gasteiger partial charge in [0.25, 0.3) is 11.6 Å². The molecule has 120 valence electrons. The number of aromatic nitrogens is 2. The smallest absolute Gasteiger partial charge is 0.294 e. The SMILES string of the molecule is CNC1CCN(C(=O)c2ccn(-c3ccccc3[N+](=O)[O-])n2)C1. The number of rotatable bonds is 4. The van der Waals surface area contributed by atoms with E-state index in [0.717, 1.165) is 6.42 Å². The zero-order valence-electron chi connectivity index (χ0n) is 12.7. The number of nitro groups is 1. The van der Waals surface area contributed by atoms with Crippen molar-refractivity contribution >= 4 is 11.6 Å². The van der Waals surface area contributed by atoms with Gasteiger partial charge in [-0.1, -0.05) is 12.1 Å². The molecule has 0 saturated carbocycles. The molecule has 23 heavy (non-hydrogen) atoms. The number of likely N-dealkylation sites (tertiary alicyclic amines) is 1. The number of hydrogen-bond acceptors (Lipinski definition) is 5. The molecule has 1 amide bonds. The molecule has 1 aliphatic rings. The van der Waals surface area contributed by atoms with Crippen LogP contribution in [0.25, 0.3) is 5.69 Å². The first-order valence-corrected chi connectivity index (χ1v) is 7.36. The Balaban J connectivity index is 1.84. The molecule has 0 radical (unpaired) electrons. The first-order chi connectivity index (χ1) is 11.1. The first kappa shape index (κ1) is 15.2. The monoisotopic (exact) mass is 315 g/mol. The van der Waals surface area contributed by atoms with Crippen molar-refractivity contribution in [2.75, 3.05) is 20.1 Å². The van der Waals surface area contributed by atoms with Crippen LogP contribution >= 0.6 is 0 Å². The van der Waals surface area contributed by atoms with Crippen LogP contribution in [0.2, 0.25) is 0 Å². The fraction of sp³-hybridized carbons (Fsp3) is 0.333. The molecule has 2 heterocycles. The van der Waals surface area contributed by atoms with Gasteiger partial charge in [-0.3, -0.25) is 14.9 Å². The maximum atomic E-state index is 12.5. The molecule has 8 nitrogen and oxygen atoms in total. The number of nitrogens with zero attached hydrogens (tertiary/aromatic N) is 4. The van der Waals surface area contributed by atoms with Gasteiger partial charge in [-0.25, -0.2) is 4.68 Å². The Kier molecular flexibility index (Phi) is 4.07. The summed E-state index contributed by atoms with van der Waals surface area (Å²) in [7, 11) is 1.88. The van der Waals surface area contributed by atoms with Gasteiger partial charge in [0.2, 0.25) is 0 Å². The molecule has 0 bridgehead atoms. The van der Waals surface area contributed by atoms with E-state index < -0.39 is 4.92 Å². The van der Waals surface area contributed by atoms with E-state index in [1.165, 1.54) is 10.7 Å². The molecule has 8 heteroatoms. The van der Waals surface area contributed by atoms with Gasteiger partial charge in [0, 0.05) is 31.4 Å². The summed E-state index contributed by atoms with van der Waals surface area (Å²) >= 11 is 0. The Morgan fingerprint density at radius 2 is 2.17 bits per heavy atom. The van der Waals surface area contributed by atoms with Crippen molar-refractivity contribution in [2.24, 2.45) is 0 Å². The third kappa shape index (κ3) is 2.93. The van der Waals surface area contributed by atoms with Crippen molar-refractivity contribution in [2.45, 2.75) is 12.5 Å². The predicted octanol–water partition coefficient (Wildman–Crippen LogP) is 1.21. The fourth-order valence-electron chi connectivity index (χ4n) is 2.73. The van der Waals surface area contributed by atoms with Crippen LogP contribution in [0, 0.1) is 10.1 Å². The summed E-state index contributed by atoms with van der Waals surface area (Å²) in [6, 6.07) is 8.20. The van der Waals surface area contributed by atoms with E-state index in [4.69, 9.17) is 0 Å². The van der Waals surface area contributed by atoms with Crippen molar-refractivity contribution in [1.82, 2.24) is 20.0 Å². The van der Waals surface area contributed by atoms with Crippen LogP contribution in [0.3, 0.4) is 0 Å². The number of nitrogens with one attached hydrogen (secondary N) is 1. The van der Waals surface area contributed by atoms with Gasteiger partial charge >= 0.3 is 0 Å². The van der Waals surface area contributed by atoms with Crippen LogP contribution in [-0.4, -0.2) is 51.7 Å². The second-order valence-corrected chi connectivity index (χ2v) is 5.42. The molecule has 0 spiro atoms. The van der Waals surface area contributed by atoms with Crippen LogP contribution in [0.4, 0.5) is 5.69 Å². The summed E-state index contributed by atoms with van der Waals surface area (Å²) in [5.41, 5.74) is 0.581. The maximum Gasteiger partial charge on any atom is 0.294 e. The Morgan fingerprint density at radius 1 is 1.39 bits per heavy atom. The average Bonchev–Trinajstić information content (AvgIpc) is 3.23. The van der Waals surface area contributed by atoms with Gasteiger partial charge in [-0.05, 0) is 25.6 Å². The van der Waals surface area contributed by atoms with E-state index in [1.807, 2.05) is 7.05 Å². The second kappa shape index (κ2) is 6.17. The molecule has 1 saturated heterocycles. The summed E-state index contributed by atoms with van der Waals surface area (Å²) in [4.78, 5) is 24.8. The minimum absolute atomic E-state index is 0.0500. The molecule has 1 unspecified atom stereocenters. The summed E-state index contributed by atoms with van der Waals surface area (Å²) < 4.78 is 1.37. The molecule has 2 aromatic rings. The molecule has 1 N–H and O–H groups in total. The Morgan fingerprint density at radius 3 is 2.87 bits per heavy atom. The van der Waals surface area contributed by atoms with Crippen molar-refractivity contribution in [3.05, 3.63) is 52.3 Å². The molecule has 1 fully saturated rings. The molecular weight excluding hydrogens is 298 g/mol. The predicted molar refractivity (Wildman–Crippen MR) is 83.6 cm³/mol. The number of para-hydroxylation sites is 2. The highest BCUT2D eigenvalue weighted by molar-refractivity contribution is 5.92. The molecule has 0 aliphatic carbocycles. The molecule has 1 aliphatic heterocycles. The van der Waals surface area contributed by atoms with E-state index in [0.29, 0.717) is 30.5 Å². The van der Waals surface area contributed by atoms with Gasteiger partial charge in [0.1, 0.15) is 5.69 Å². The number of amides is 1. The lowest BCUT2D eigenvalue weighted by atomic mass is 10.3. The number of carbonyl (C=O) groups is 1. The van der Waals surface area contributed by atoms with Crippen LogP contribution in [0.1, 0.15) is 16.9 Å². The van der Waals surface area contributed by atoms with Gasteiger partial charge in [0.15, 0.2) is 5.69 Å². The molecule has 1 atom stereocenters. The van der Waals surface area contributed by atoms with E-state index >= 15 is 0 Å². The van der Waals surface area contributed by atoms with Crippen LogP contribution < -0.4 is 5.32 Å². The maximum absolute atomic E-state index is 12.5. The fourth-order valence-corrected chi connectivity index (χ4v) is 2.73. The van der Waals surface area contributed by atoms with Gasteiger partial charge < -0.3 is 10.2 Å². The van der Waals surface area contributed by atoms with E-state index in [1.54, 1.807) is 35.4 Å². The third-order valence-electron chi connectivity index (χ3n) is 4.02. The van der Waals surface area contributed by atoms with Gasteiger partial charge in [-0.15, -0.1) is 0 Å². The summed E-state index contributed by atoms with van der Waals surface area (Å²) in [5.74, 6) is -0.153. The normalized spacial score (nSPS) is 17.4. The lowest BCUT2D eigenvalue weighted by Crippen LogP contribution is -2.33. The number of nitro benzene ring substituents is 1. The van der Waals surface area contributed by atoms with Crippen molar-refractivity contribution in [3.8, 4) is 5.69 Å². The van der Waals surface area contributed by atoms with Crippen LogP contribution in [-0.2, 0) is 0 Å². The number of benzene rings is 1. The number of hydrogen-bond donors (Lipinski definition) is 1. The number of likely N-dealkylation sites (N-methyl/N-ethyl adjacent to an activating group) is 1. The molecule has 3 rings (SSSR count). The highest BCUT2D eigenvalue weighted by Gasteiger charge is 2.27. The van der Waals surface area contributed by atoms with E-state index in [-0.39, 0.29) is 11.6 Å². The van der Waals surface area contributed by atoms with Gasteiger partial charge in [0.05, 0.1) is 4.92 Å². The van der Waals surface area contributed by atoms with Crippen LogP contribution in [0.5, 0.6) is 0 Å².